The first-order valence-corrected chi connectivity index (χ1v) is 9.48. The van der Waals surface area contributed by atoms with Crippen LogP contribution < -0.4 is 10.7 Å². The molecule has 0 bridgehead atoms. The van der Waals surface area contributed by atoms with Gasteiger partial charge in [0.15, 0.2) is 5.58 Å². The minimum Gasteiger partial charge on any atom is -0.444 e. The van der Waals surface area contributed by atoms with Crippen molar-refractivity contribution in [1.29, 1.82) is 0 Å². The summed E-state index contributed by atoms with van der Waals surface area (Å²) in [5.41, 5.74) is 2.33. The van der Waals surface area contributed by atoms with Gasteiger partial charge in [-0.1, -0.05) is 0 Å². The van der Waals surface area contributed by atoms with E-state index in [0.29, 0.717) is 5.58 Å². The predicted molar refractivity (Wildman–Crippen MR) is 103 cm³/mol. The maximum atomic E-state index is 12.2. The fourth-order valence-corrected chi connectivity index (χ4v) is 4.07. The Morgan fingerprint density at radius 3 is 2.48 bits per heavy atom. The Balaban J connectivity index is 1.37. The highest BCUT2D eigenvalue weighted by Gasteiger charge is 2.46. The first kappa shape index (κ1) is 17.9. The van der Waals surface area contributed by atoms with Crippen LogP contribution in [0.5, 0.6) is 0 Å². The van der Waals surface area contributed by atoms with Crippen LogP contribution in [0.3, 0.4) is 0 Å². The van der Waals surface area contributed by atoms with Crippen LogP contribution in [0.4, 0.5) is 10.5 Å². The number of oxazole rings is 1. The average Bonchev–Trinajstić information content (AvgIpc) is 2.85. The van der Waals surface area contributed by atoms with Crippen molar-refractivity contribution in [1.82, 2.24) is 9.47 Å². The Labute approximate surface area is 158 Å². The third kappa shape index (κ3) is 3.31. The van der Waals surface area contributed by atoms with E-state index < -0.39 is 5.60 Å². The minimum atomic E-state index is -0.454. The van der Waals surface area contributed by atoms with Crippen molar-refractivity contribution in [2.24, 2.45) is 12.5 Å². The molecule has 146 valence electrons. The molecule has 0 radical (unpaired) electrons. The van der Waals surface area contributed by atoms with E-state index in [1.54, 1.807) is 7.05 Å². The van der Waals surface area contributed by atoms with Gasteiger partial charge in [-0.3, -0.25) is 4.57 Å². The second-order valence-corrected chi connectivity index (χ2v) is 8.90. The fraction of sp³-hybridized carbons (Fsp3) is 0.600. The molecule has 0 atom stereocenters. The van der Waals surface area contributed by atoms with Crippen LogP contribution in [0.1, 0.15) is 33.6 Å². The molecule has 2 aliphatic rings. The van der Waals surface area contributed by atoms with Gasteiger partial charge in [0, 0.05) is 50.4 Å². The highest BCUT2D eigenvalue weighted by atomic mass is 16.6. The Hall–Kier alpha value is -2.44. The van der Waals surface area contributed by atoms with Crippen LogP contribution in [-0.4, -0.2) is 47.3 Å². The fourth-order valence-electron chi connectivity index (χ4n) is 4.07. The van der Waals surface area contributed by atoms with E-state index in [9.17, 15) is 9.59 Å². The summed E-state index contributed by atoms with van der Waals surface area (Å²) >= 11 is 0. The molecule has 1 aromatic heterocycles. The number of ether oxygens (including phenoxy) is 1. The van der Waals surface area contributed by atoms with Gasteiger partial charge >= 0.3 is 11.8 Å². The smallest absolute Gasteiger partial charge is 0.419 e. The topological polar surface area (TPSA) is 67.9 Å². The molecule has 4 rings (SSSR count). The number of carbonyl (C=O) groups is 1. The second-order valence-electron chi connectivity index (χ2n) is 8.90. The molecule has 0 N–H and O–H groups in total. The van der Waals surface area contributed by atoms with Crippen LogP contribution in [-0.2, 0) is 11.8 Å². The summed E-state index contributed by atoms with van der Waals surface area (Å²) in [6.45, 7) is 9.11. The quantitative estimate of drug-likeness (QED) is 0.769. The molecule has 7 nitrogen and oxygen atoms in total. The molecule has 0 unspecified atom stereocenters. The normalized spacial score (nSPS) is 19.4. The molecule has 2 aliphatic heterocycles. The van der Waals surface area contributed by atoms with E-state index in [0.717, 1.165) is 50.2 Å². The first-order chi connectivity index (χ1) is 12.7. The van der Waals surface area contributed by atoms with Crippen molar-refractivity contribution in [2.45, 2.75) is 39.2 Å². The number of rotatable bonds is 1. The van der Waals surface area contributed by atoms with Crippen molar-refractivity contribution in [3.8, 4) is 0 Å². The molecule has 0 saturated carbocycles. The van der Waals surface area contributed by atoms with Gasteiger partial charge in [-0.2, -0.15) is 0 Å². The molecule has 2 saturated heterocycles. The SMILES string of the molecule is Cn1c(=O)oc2cc(N3CC4(CCN(C(=O)OC(C)(C)C)CC4)C3)ccc21. The number of carbonyl (C=O) groups excluding carboxylic acids is 1. The molecular formula is C20H27N3O4. The van der Waals surface area contributed by atoms with Crippen molar-refractivity contribution in [3.63, 3.8) is 0 Å². The number of nitrogens with zero attached hydrogens (tertiary/aromatic N) is 3. The summed E-state index contributed by atoms with van der Waals surface area (Å²) in [7, 11) is 1.71. The molecule has 2 aromatic rings. The van der Waals surface area contributed by atoms with Crippen molar-refractivity contribution in [2.75, 3.05) is 31.1 Å². The number of likely N-dealkylation sites (tertiary alicyclic amines) is 1. The van der Waals surface area contributed by atoms with Gasteiger partial charge in [-0.15, -0.1) is 0 Å². The van der Waals surface area contributed by atoms with Gasteiger partial charge in [0.25, 0.3) is 0 Å². The highest BCUT2D eigenvalue weighted by Crippen LogP contribution is 2.43. The van der Waals surface area contributed by atoms with Gasteiger partial charge in [0.2, 0.25) is 0 Å². The second kappa shape index (κ2) is 6.04. The highest BCUT2D eigenvalue weighted by molar-refractivity contribution is 5.78. The number of benzene rings is 1. The van der Waals surface area contributed by atoms with Crippen molar-refractivity contribution in [3.05, 3.63) is 28.7 Å². The monoisotopic (exact) mass is 373 g/mol. The maximum Gasteiger partial charge on any atom is 0.419 e. The van der Waals surface area contributed by atoms with E-state index in [-0.39, 0.29) is 17.3 Å². The van der Waals surface area contributed by atoms with Crippen LogP contribution in [0, 0.1) is 5.41 Å². The molecule has 27 heavy (non-hydrogen) atoms. The van der Waals surface area contributed by atoms with E-state index in [4.69, 9.17) is 9.15 Å². The van der Waals surface area contributed by atoms with E-state index in [1.165, 1.54) is 4.57 Å². The van der Waals surface area contributed by atoms with Gasteiger partial charge in [-0.05, 0) is 45.7 Å². The maximum absolute atomic E-state index is 12.2. The molecule has 3 heterocycles. The zero-order valence-corrected chi connectivity index (χ0v) is 16.4. The standard InChI is InChI=1S/C20H27N3O4/c1-19(2,3)27-18(25)22-9-7-20(8-10-22)12-23(13-20)14-5-6-15-16(11-14)26-17(24)21(15)4/h5-6,11H,7-10,12-13H2,1-4H3. The summed E-state index contributed by atoms with van der Waals surface area (Å²) < 4.78 is 12.3. The lowest BCUT2D eigenvalue weighted by Gasteiger charge is -2.54. The lowest BCUT2D eigenvalue weighted by atomic mass is 9.72. The van der Waals surface area contributed by atoms with Crippen LogP contribution in [0.2, 0.25) is 0 Å². The van der Waals surface area contributed by atoms with E-state index in [1.807, 2.05) is 43.9 Å². The number of anilines is 1. The Morgan fingerprint density at radius 1 is 1.19 bits per heavy atom. The van der Waals surface area contributed by atoms with Gasteiger partial charge < -0.3 is 19.0 Å². The summed E-state index contributed by atoms with van der Waals surface area (Å²) in [4.78, 5) is 28.0. The van der Waals surface area contributed by atoms with E-state index in [2.05, 4.69) is 4.90 Å². The number of piperidine rings is 1. The first-order valence-electron chi connectivity index (χ1n) is 9.48. The lowest BCUT2D eigenvalue weighted by Crippen LogP contribution is -2.61. The predicted octanol–water partition coefficient (Wildman–Crippen LogP) is 2.97. The number of amides is 1. The lowest BCUT2D eigenvalue weighted by molar-refractivity contribution is 0.00598. The largest absolute Gasteiger partial charge is 0.444 e. The molecule has 1 spiro atoms. The number of fused-ring (bicyclic) bond motifs is 1. The van der Waals surface area contributed by atoms with E-state index >= 15 is 0 Å². The van der Waals surface area contributed by atoms with Crippen LogP contribution >= 0.6 is 0 Å². The minimum absolute atomic E-state index is 0.210. The summed E-state index contributed by atoms with van der Waals surface area (Å²) in [6, 6.07) is 5.92. The van der Waals surface area contributed by atoms with Gasteiger partial charge in [0.1, 0.15) is 5.60 Å². The van der Waals surface area contributed by atoms with Crippen LogP contribution in [0.15, 0.2) is 27.4 Å². The number of hydrogen-bond donors (Lipinski definition) is 0. The number of hydrogen-bond acceptors (Lipinski definition) is 5. The summed E-state index contributed by atoms with van der Waals surface area (Å²) in [6.07, 6.45) is 1.77. The molecular weight excluding hydrogens is 346 g/mol. The number of aromatic nitrogens is 1. The van der Waals surface area contributed by atoms with Crippen LogP contribution in [0.25, 0.3) is 11.1 Å². The molecule has 7 heteroatoms. The Kier molecular flexibility index (Phi) is 4.01. The van der Waals surface area contributed by atoms with Crippen molar-refractivity contribution < 1.29 is 13.9 Å². The average molecular weight is 373 g/mol. The van der Waals surface area contributed by atoms with Crippen molar-refractivity contribution >= 4 is 22.9 Å². The Bertz CT molecular complexity index is 921. The summed E-state index contributed by atoms with van der Waals surface area (Å²) in [5, 5.41) is 0. The van der Waals surface area contributed by atoms with Gasteiger partial charge in [0.05, 0.1) is 5.52 Å². The molecule has 1 aromatic carbocycles. The van der Waals surface area contributed by atoms with Gasteiger partial charge in [-0.25, -0.2) is 9.59 Å². The third-order valence-corrected chi connectivity index (χ3v) is 5.67. The third-order valence-electron chi connectivity index (χ3n) is 5.67. The molecule has 2 fully saturated rings. The molecule has 0 aliphatic carbocycles. The zero-order chi connectivity index (χ0) is 19.4. The Morgan fingerprint density at radius 2 is 1.85 bits per heavy atom. The molecule has 1 amide bonds. The zero-order valence-electron chi connectivity index (χ0n) is 16.4. The summed E-state index contributed by atoms with van der Waals surface area (Å²) in [5.74, 6) is -0.336. The number of aryl methyl sites for hydroxylation is 1.